The van der Waals surface area contributed by atoms with Gasteiger partial charge in [-0.05, 0) is 24.8 Å². The predicted molar refractivity (Wildman–Crippen MR) is 99.3 cm³/mol. The summed E-state index contributed by atoms with van der Waals surface area (Å²) in [6.07, 6.45) is 6.06. The lowest BCUT2D eigenvalue weighted by molar-refractivity contribution is -0.121. The highest BCUT2D eigenvalue weighted by Crippen LogP contribution is 2.28. The molecule has 2 N–H and O–H groups in total. The highest BCUT2D eigenvalue weighted by molar-refractivity contribution is 6.06. The number of carbonyl (C=O) groups excluding carboxylic acids is 1. The number of hydrazone groups is 1. The minimum atomic E-state index is -0.0777. The molecule has 0 atom stereocenters. The highest BCUT2D eigenvalue weighted by Gasteiger charge is 2.09. The van der Waals surface area contributed by atoms with Crippen molar-refractivity contribution in [2.75, 3.05) is 0 Å². The fourth-order valence-electron chi connectivity index (χ4n) is 2.70. The van der Waals surface area contributed by atoms with Gasteiger partial charge >= 0.3 is 0 Å². The van der Waals surface area contributed by atoms with Gasteiger partial charge in [0.1, 0.15) is 5.75 Å². The van der Waals surface area contributed by atoms with E-state index >= 15 is 0 Å². The molecule has 4 heteroatoms. The summed E-state index contributed by atoms with van der Waals surface area (Å²) in [5.41, 5.74) is 3.82. The van der Waals surface area contributed by atoms with Crippen molar-refractivity contribution in [1.29, 1.82) is 0 Å². The third kappa shape index (κ3) is 4.82. The number of nitrogens with zero attached hydrogens (tertiary/aromatic N) is 1. The molecule has 0 saturated carbocycles. The number of hydrogen-bond donors (Lipinski definition) is 2. The Morgan fingerprint density at radius 2 is 1.83 bits per heavy atom. The molecule has 0 spiro atoms. The Morgan fingerprint density at radius 1 is 1.08 bits per heavy atom. The number of benzene rings is 2. The molecule has 0 fully saturated rings. The van der Waals surface area contributed by atoms with E-state index in [0.29, 0.717) is 17.7 Å². The van der Waals surface area contributed by atoms with Gasteiger partial charge in [0.05, 0.1) is 5.71 Å². The Labute approximate surface area is 143 Å². The Hall–Kier alpha value is -2.36. The number of hydrogen-bond acceptors (Lipinski definition) is 3. The number of fused-ring (bicyclic) bond motifs is 1. The van der Waals surface area contributed by atoms with E-state index in [4.69, 9.17) is 0 Å². The molecule has 0 unspecified atom stereocenters. The maximum absolute atomic E-state index is 11.8. The fourth-order valence-corrected chi connectivity index (χ4v) is 2.70. The van der Waals surface area contributed by atoms with Crippen molar-refractivity contribution >= 4 is 22.4 Å². The molecule has 2 aromatic rings. The largest absolute Gasteiger partial charge is 0.507 e. The van der Waals surface area contributed by atoms with Crippen molar-refractivity contribution in [1.82, 2.24) is 5.43 Å². The fraction of sp³-hybridized carbons (Fsp3) is 0.400. The summed E-state index contributed by atoms with van der Waals surface area (Å²) in [4.78, 5) is 11.8. The van der Waals surface area contributed by atoms with Crippen molar-refractivity contribution in [2.24, 2.45) is 5.10 Å². The number of aromatic hydroxyl groups is 1. The minimum absolute atomic E-state index is 0.0777. The molecule has 2 rings (SSSR count). The molecule has 0 radical (unpaired) electrons. The summed E-state index contributed by atoms with van der Waals surface area (Å²) in [7, 11) is 0. The van der Waals surface area contributed by atoms with Gasteiger partial charge in [0.25, 0.3) is 0 Å². The van der Waals surface area contributed by atoms with Crippen LogP contribution in [0.5, 0.6) is 5.75 Å². The number of phenolic OH excluding ortho intramolecular Hbond substituents is 1. The van der Waals surface area contributed by atoms with Crippen molar-refractivity contribution < 1.29 is 9.90 Å². The van der Waals surface area contributed by atoms with E-state index in [1.165, 1.54) is 19.3 Å². The Bertz CT molecular complexity index is 723. The van der Waals surface area contributed by atoms with E-state index < -0.39 is 0 Å². The molecule has 4 nitrogen and oxygen atoms in total. The molecule has 2 aromatic carbocycles. The minimum Gasteiger partial charge on any atom is -0.507 e. The molecular formula is C20H26N2O2. The smallest absolute Gasteiger partial charge is 0.240 e. The molecule has 0 saturated heterocycles. The van der Waals surface area contributed by atoms with Gasteiger partial charge in [0, 0.05) is 17.4 Å². The van der Waals surface area contributed by atoms with Gasteiger partial charge in [0.15, 0.2) is 0 Å². The first-order valence-electron chi connectivity index (χ1n) is 8.67. The van der Waals surface area contributed by atoms with Crippen LogP contribution >= 0.6 is 0 Å². The molecule has 0 aliphatic rings. The molecule has 0 aliphatic heterocycles. The maximum Gasteiger partial charge on any atom is 0.240 e. The molecule has 0 aliphatic carbocycles. The van der Waals surface area contributed by atoms with Crippen molar-refractivity contribution in [3.05, 3.63) is 42.0 Å². The normalized spacial score (nSPS) is 11.7. The summed E-state index contributed by atoms with van der Waals surface area (Å²) in [6, 6.07) is 11.4. The Kier molecular flexibility index (Phi) is 6.79. The second kappa shape index (κ2) is 9.06. The molecule has 128 valence electrons. The SMILES string of the molecule is CCCCCCCC(=O)N/N=C(\C)c1ccc2ccccc2c1O. The molecule has 0 heterocycles. The van der Waals surface area contributed by atoms with E-state index in [9.17, 15) is 9.90 Å². The van der Waals surface area contributed by atoms with Crippen molar-refractivity contribution in [3.8, 4) is 5.75 Å². The summed E-state index contributed by atoms with van der Waals surface area (Å²) in [6.45, 7) is 3.96. The second-order valence-corrected chi connectivity index (χ2v) is 6.08. The molecule has 0 bridgehead atoms. The van der Waals surface area contributed by atoms with Crippen LogP contribution in [0, 0.1) is 0 Å². The highest BCUT2D eigenvalue weighted by atomic mass is 16.3. The van der Waals surface area contributed by atoms with Crippen LogP contribution in [-0.4, -0.2) is 16.7 Å². The van der Waals surface area contributed by atoms with Crippen molar-refractivity contribution in [2.45, 2.75) is 52.4 Å². The standard InChI is InChI=1S/C20H26N2O2/c1-3-4-5-6-7-12-19(23)22-21-15(2)17-14-13-16-10-8-9-11-18(16)20(17)24/h8-11,13-14,24H,3-7,12H2,1-2H3,(H,22,23)/b21-15+. The topological polar surface area (TPSA) is 61.7 Å². The maximum atomic E-state index is 11.8. The van der Waals surface area contributed by atoms with Gasteiger partial charge < -0.3 is 5.11 Å². The summed E-state index contributed by atoms with van der Waals surface area (Å²) in [5, 5.41) is 16.3. The lowest BCUT2D eigenvalue weighted by Crippen LogP contribution is -2.18. The third-order valence-electron chi connectivity index (χ3n) is 4.15. The zero-order valence-corrected chi connectivity index (χ0v) is 14.5. The zero-order chi connectivity index (χ0) is 17.4. The summed E-state index contributed by atoms with van der Waals surface area (Å²) < 4.78 is 0. The zero-order valence-electron chi connectivity index (χ0n) is 14.5. The van der Waals surface area contributed by atoms with Gasteiger partial charge in [0.2, 0.25) is 5.91 Å². The third-order valence-corrected chi connectivity index (χ3v) is 4.15. The van der Waals surface area contributed by atoms with Crippen LogP contribution in [0.2, 0.25) is 0 Å². The second-order valence-electron chi connectivity index (χ2n) is 6.08. The number of amides is 1. The number of carbonyl (C=O) groups is 1. The average molecular weight is 326 g/mol. The number of nitrogens with one attached hydrogen (secondary N) is 1. The first-order chi connectivity index (χ1) is 11.6. The number of rotatable bonds is 8. The molecular weight excluding hydrogens is 300 g/mol. The Balaban J connectivity index is 1.96. The van der Waals surface area contributed by atoms with Crippen LogP contribution in [0.25, 0.3) is 10.8 Å². The van der Waals surface area contributed by atoms with Gasteiger partial charge in [-0.1, -0.05) is 62.9 Å². The lowest BCUT2D eigenvalue weighted by Gasteiger charge is -2.08. The van der Waals surface area contributed by atoms with E-state index in [0.717, 1.165) is 23.6 Å². The van der Waals surface area contributed by atoms with Crippen LogP contribution in [0.4, 0.5) is 0 Å². The summed E-state index contributed by atoms with van der Waals surface area (Å²) in [5.74, 6) is 0.120. The number of unbranched alkanes of at least 4 members (excludes halogenated alkanes) is 4. The van der Waals surface area contributed by atoms with E-state index in [1.807, 2.05) is 36.4 Å². The predicted octanol–water partition coefficient (Wildman–Crippen LogP) is 4.75. The molecule has 24 heavy (non-hydrogen) atoms. The first-order valence-corrected chi connectivity index (χ1v) is 8.67. The van der Waals surface area contributed by atoms with E-state index in [1.54, 1.807) is 6.92 Å². The van der Waals surface area contributed by atoms with Gasteiger partial charge in [-0.15, -0.1) is 0 Å². The lowest BCUT2D eigenvalue weighted by atomic mass is 10.0. The van der Waals surface area contributed by atoms with Gasteiger partial charge in [-0.3, -0.25) is 4.79 Å². The molecule has 1 amide bonds. The average Bonchev–Trinajstić information content (AvgIpc) is 2.60. The quantitative estimate of drug-likeness (QED) is 0.418. The van der Waals surface area contributed by atoms with Crippen LogP contribution < -0.4 is 5.43 Å². The van der Waals surface area contributed by atoms with Gasteiger partial charge in [-0.25, -0.2) is 5.43 Å². The van der Waals surface area contributed by atoms with E-state index in [2.05, 4.69) is 17.5 Å². The Morgan fingerprint density at radius 3 is 2.62 bits per heavy atom. The first kappa shape index (κ1) is 18.0. The van der Waals surface area contributed by atoms with Crippen LogP contribution in [0.1, 0.15) is 57.9 Å². The molecule has 0 aromatic heterocycles. The number of phenols is 1. The van der Waals surface area contributed by atoms with Gasteiger partial charge in [-0.2, -0.15) is 5.10 Å². The monoisotopic (exact) mass is 326 g/mol. The summed E-state index contributed by atoms with van der Waals surface area (Å²) >= 11 is 0. The van der Waals surface area contributed by atoms with Crippen LogP contribution in [0.3, 0.4) is 0 Å². The van der Waals surface area contributed by atoms with Crippen molar-refractivity contribution in [3.63, 3.8) is 0 Å². The van der Waals surface area contributed by atoms with Crippen LogP contribution in [-0.2, 0) is 4.79 Å². The van der Waals surface area contributed by atoms with E-state index in [-0.39, 0.29) is 11.7 Å². The van der Waals surface area contributed by atoms with Crippen LogP contribution in [0.15, 0.2) is 41.5 Å².